The molecule has 5 rings (SSSR count). The van der Waals surface area contributed by atoms with Gasteiger partial charge in [-0.3, -0.25) is 62.3 Å². The highest BCUT2D eigenvalue weighted by atomic mass is 16.4. The molecule has 5 aromatic rings. The topological polar surface area (TPSA) is 693 Å². The SMILES string of the molecule is [N-]=[N+]=Nc1ccc(C(=O)NCCCC[C@H](NC(=O)[C@H](CC(=O)O)NC(=O)[C@H](CC(=O)O)NC(=O)[C@H](CCCCNC(=O)c2ccc(N=[N+]=[N-])cc2)NC(=O)[C@@H](CC(=O)O)NC(=O)[C@@H](CC(=O)O)NC(=O)CC[C@H](NC(=O)c2ccc(NCc3cnc4nc(N)nc(O)c4n3)cc2)C(=O)O)C(=O)O)cc1. The number of nitrogens with zero attached hydrogens (tertiary/aromatic N) is 10. The second-order valence-corrected chi connectivity index (χ2v) is 22.4. The van der Waals surface area contributed by atoms with Crippen LogP contribution in [-0.2, 0) is 64.1 Å². The number of carbonyl (C=O) groups excluding carboxylic acids is 9. The number of anilines is 2. The molecule has 2 aromatic heterocycles. The van der Waals surface area contributed by atoms with Gasteiger partial charge in [0, 0.05) is 63.1 Å². The predicted octanol–water partition coefficient (Wildman–Crippen LogP) is 0.259. The van der Waals surface area contributed by atoms with Crippen LogP contribution in [0.4, 0.5) is 23.0 Å². The van der Waals surface area contributed by atoms with E-state index in [1.54, 1.807) is 0 Å². The zero-order valence-electron chi connectivity index (χ0n) is 54.5. The first kappa shape index (κ1) is 80.8. The number of carboxylic acid groups (broad SMARTS) is 6. The standard InChI is InChI=1S/C61H69N21O22/c62-61-77-49-48(58(100)78-61)69-35(28-68-49)27-67-32-13-7-31(8-14-32)52(94)72-38(60(103)104)19-20-43(83)70-39(23-44(84)85)54(96)75-40(24-45(86)87)55(97)71-36(5-1-3-21-65-50(92)29-9-15-33(16-10-29)79-81-63)53(95)74-42(26-47(90)91)57(99)76-41(25-46(88)89)56(98)73-37(59(101)102)6-2-4-22-66-51(93)30-11-17-34(18-12-30)80-82-64/h7-18,28,36-42,67H,1-6,19-27H2,(H,65,92)(H,66,93)(H,70,83)(H,71,97)(H,72,94)(H,73,98)(H,74,95)(H,75,96)(H,76,99)(H,84,85)(H,86,87)(H,88,89)(H,90,91)(H,101,102)(H,103,104)(H3,62,68,77,78,100)/t36-,37-,38-,39+,40+,41-,42-/m0/s1. The van der Waals surface area contributed by atoms with Crippen molar-refractivity contribution in [3.8, 4) is 5.88 Å². The summed E-state index contributed by atoms with van der Waals surface area (Å²) in [5.74, 6) is -21.8. The van der Waals surface area contributed by atoms with E-state index in [2.05, 4.69) is 82.5 Å². The summed E-state index contributed by atoms with van der Waals surface area (Å²) < 4.78 is 0. The van der Waals surface area contributed by atoms with Gasteiger partial charge in [-0.2, -0.15) is 9.97 Å². The Morgan fingerprint density at radius 2 is 0.837 bits per heavy atom. The van der Waals surface area contributed by atoms with Gasteiger partial charge >= 0.3 is 35.8 Å². The van der Waals surface area contributed by atoms with Gasteiger partial charge < -0.3 is 94.6 Å². The maximum Gasteiger partial charge on any atom is 0.326 e. The number of aromatic hydroxyl groups is 1. The maximum atomic E-state index is 14.3. The molecule has 0 unspecified atom stereocenters. The van der Waals surface area contributed by atoms with E-state index < -0.39 is 182 Å². The summed E-state index contributed by atoms with van der Waals surface area (Å²) in [4.78, 5) is 216. The van der Waals surface area contributed by atoms with Crippen molar-refractivity contribution in [2.24, 2.45) is 10.2 Å². The minimum absolute atomic E-state index is 0.00759. The molecule has 0 saturated heterocycles. The Morgan fingerprint density at radius 3 is 1.27 bits per heavy atom. The highest BCUT2D eigenvalue weighted by Gasteiger charge is 2.36. The maximum absolute atomic E-state index is 14.3. The van der Waals surface area contributed by atoms with Gasteiger partial charge in [-0.05, 0) is 105 Å². The van der Waals surface area contributed by atoms with E-state index in [4.69, 9.17) is 16.8 Å². The summed E-state index contributed by atoms with van der Waals surface area (Å²) in [5, 5.41) is 98.8. The van der Waals surface area contributed by atoms with Gasteiger partial charge in [0.25, 0.3) is 17.7 Å². The Hall–Kier alpha value is -13.9. The zero-order valence-corrected chi connectivity index (χ0v) is 54.5. The molecule has 19 N–H and O–H groups in total. The third-order valence-corrected chi connectivity index (χ3v) is 14.6. The number of azide groups is 2. The second kappa shape index (κ2) is 40.3. The van der Waals surface area contributed by atoms with Crippen molar-refractivity contribution in [3.63, 3.8) is 0 Å². The van der Waals surface area contributed by atoms with Crippen molar-refractivity contribution in [2.45, 2.75) is 126 Å². The number of nitrogen functional groups attached to an aromatic ring is 1. The molecule has 0 aliphatic rings. The molecule has 43 heteroatoms. The Balaban J connectivity index is 1.26. The molecule has 3 aromatic carbocycles. The van der Waals surface area contributed by atoms with Crippen molar-refractivity contribution in [2.75, 3.05) is 24.1 Å². The molecule has 0 aliphatic carbocycles. The first-order chi connectivity index (χ1) is 49.4. The average molecular weight is 1450 g/mol. The number of nitrogens with two attached hydrogens (primary N) is 1. The van der Waals surface area contributed by atoms with Gasteiger partial charge in [0.2, 0.25) is 47.3 Å². The smallest absolute Gasteiger partial charge is 0.326 e. The van der Waals surface area contributed by atoms with E-state index in [0.717, 1.165) is 0 Å². The predicted molar refractivity (Wildman–Crippen MR) is 354 cm³/mol. The van der Waals surface area contributed by atoms with Crippen LogP contribution in [0.5, 0.6) is 5.88 Å². The van der Waals surface area contributed by atoms with Gasteiger partial charge in [-0.1, -0.05) is 34.5 Å². The molecule has 2 heterocycles. The lowest BCUT2D eigenvalue weighted by molar-refractivity contribution is -0.145. The van der Waals surface area contributed by atoms with E-state index in [-0.39, 0.29) is 96.9 Å². The summed E-state index contributed by atoms with van der Waals surface area (Å²) in [6, 6.07) is 2.15. The van der Waals surface area contributed by atoms with Crippen molar-refractivity contribution >= 4 is 123 Å². The molecule has 0 radical (unpaired) electrons. The fourth-order valence-corrected chi connectivity index (χ4v) is 9.44. The van der Waals surface area contributed by atoms with Crippen LogP contribution in [0.25, 0.3) is 32.0 Å². The van der Waals surface area contributed by atoms with Gasteiger partial charge in [0.05, 0.1) is 44.1 Å². The second-order valence-electron chi connectivity index (χ2n) is 22.4. The first-order valence-corrected chi connectivity index (χ1v) is 31.1. The number of rotatable bonds is 43. The molecule has 0 fully saturated rings. The quantitative estimate of drug-likeness (QED) is 0.0108. The molecule has 0 aliphatic heterocycles. The van der Waals surface area contributed by atoms with E-state index >= 15 is 0 Å². The Kier molecular flexibility index (Phi) is 31.3. The fraction of sp³-hybridized carbons (Fsp3) is 0.361. The van der Waals surface area contributed by atoms with Gasteiger partial charge in [0.15, 0.2) is 11.2 Å². The third-order valence-electron chi connectivity index (χ3n) is 14.6. The van der Waals surface area contributed by atoms with Crippen LogP contribution in [0.1, 0.15) is 114 Å². The number of fused-ring (bicyclic) bond motifs is 1. The van der Waals surface area contributed by atoms with Crippen molar-refractivity contribution in [3.05, 3.63) is 122 Å². The number of carboxylic acids is 6. The monoisotopic (exact) mass is 1450 g/mol. The van der Waals surface area contributed by atoms with Crippen LogP contribution >= 0.6 is 0 Å². The molecule has 0 spiro atoms. The van der Waals surface area contributed by atoms with Crippen LogP contribution in [0.2, 0.25) is 0 Å². The summed E-state index contributed by atoms with van der Waals surface area (Å²) in [6.07, 6.45) is -6.11. The minimum Gasteiger partial charge on any atom is -0.492 e. The number of unbranched alkanes of at least 4 members (excludes halogenated alkanes) is 2. The van der Waals surface area contributed by atoms with Gasteiger partial charge in [0.1, 0.15) is 42.3 Å². The average Bonchev–Trinajstić information content (AvgIpc) is 0.813. The van der Waals surface area contributed by atoms with Crippen LogP contribution in [0.3, 0.4) is 0 Å². The number of aromatic nitrogens is 4. The summed E-state index contributed by atoms with van der Waals surface area (Å²) in [7, 11) is 0. The number of benzene rings is 3. The Morgan fingerprint density at radius 1 is 0.452 bits per heavy atom. The lowest BCUT2D eigenvalue weighted by Gasteiger charge is -2.26. The lowest BCUT2D eigenvalue weighted by atomic mass is 10.0. The van der Waals surface area contributed by atoms with E-state index in [0.29, 0.717) is 11.4 Å². The molecule has 7 atom stereocenters. The van der Waals surface area contributed by atoms with Crippen molar-refractivity contribution < 1.29 is 108 Å². The summed E-state index contributed by atoms with van der Waals surface area (Å²) in [5.41, 5.74) is 24.3. The van der Waals surface area contributed by atoms with Gasteiger partial charge in [-0.15, -0.1) is 0 Å². The summed E-state index contributed by atoms with van der Waals surface area (Å²) in [6.45, 7) is -0.0718. The Bertz CT molecular complexity index is 4140. The zero-order chi connectivity index (χ0) is 76.6. The fourth-order valence-electron chi connectivity index (χ4n) is 9.44. The van der Waals surface area contributed by atoms with E-state index in [1.165, 1.54) is 79.0 Å². The van der Waals surface area contributed by atoms with Crippen LogP contribution in [0, 0.1) is 0 Å². The molecule has 550 valence electrons. The molecule has 9 amide bonds. The van der Waals surface area contributed by atoms with Gasteiger partial charge in [-0.25, -0.2) is 19.6 Å². The number of carbonyl (C=O) groups is 15. The van der Waals surface area contributed by atoms with Crippen molar-refractivity contribution in [1.82, 2.24) is 67.8 Å². The molecule has 104 heavy (non-hydrogen) atoms. The highest BCUT2D eigenvalue weighted by Crippen LogP contribution is 2.20. The van der Waals surface area contributed by atoms with E-state index in [9.17, 15) is 108 Å². The highest BCUT2D eigenvalue weighted by molar-refractivity contribution is 6.01. The minimum atomic E-state index is -2.26. The third kappa shape index (κ3) is 27.1. The van der Waals surface area contributed by atoms with Crippen LogP contribution in [-0.4, -0.2) is 200 Å². The largest absolute Gasteiger partial charge is 0.492 e. The van der Waals surface area contributed by atoms with E-state index in [1.807, 2.05) is 10.6 Å². The first-order valence-electron chi connectivity index (χ1n) is 31.1. The molecular weight excluding hydrogens is 1380 g/mol. The molecule has 0 bridgehead atoms. The number of aliphatic carboxylic acids is 6. The van der Waals surface area contributed by atoms with Crippen molar-refractivity contribution in [1.29, 1.82) is 0 Å². The number of nitrogens with one attached hydrogen (secondary N) is 10. The molecule has 43 nitrogen and oxygen atoms in total. The van der Waals surface area contributed by atoms with Crippen LogP contribution in [0.15, 0.2) is 89.2 Å². The number of amides is 9. The Labute approximate surface area is 585 Å². The van der Waals surface area contributed by atoms with Crippen LogP contribution < -0.4 is 58.9 Å². The summed E-state index contributed by atoms with van der Waals surface area (Å²) >= 11 is 0. The molecular formula is C61H69N21O22. The number of hydrogen-bond acceptors (Lipinski definition) is 24. The number of hydrogen-bond donors (Lipinski definition) is 18. The lowest BCUT2D eigenvalue weighted by Crippen LogP contribution is -2.60. The molecule has 0 saturated carbocycles. The normalized spacial score (nSPS) is 12.7.